The third kappa shape index (κ3) is 4.23. The molecule has 0 bridgehead atoms. The minimum absolute atomic E-state index is 0.526. The van der Waals surface area contributed by atoms with E-state index in [9.17, 15) is 10.5 Å². The predicted molar refractivity (Wildman–Crippen MR) is 182 cm³/mol. The fourth-order valence-electron chi connectivity index (χ4n) is 6.42. The lowest BCUT2D eigenvalue weighted by Crippen LogP contribution is -2.13. The first kappa shape index (κ1) is 26.8. The van der Waals surface area contributed by atoms with E-state index in [1.54, 1.807) is 31.0 Å². The van der Waals surface area contributed by atoms with E-state index in [2.05, 4.69) is 44.1 Å². The van der Waals surface area contributed by atoms with Gasteiger partial charge in [-0.15, -0.1) is 0 Å². The Morgan fingerprint density at radius 2 is 0.870 bits per heavy atom. The molecule has 8 rings (SSSR count). The van der Waals surface area contributed by atoms with Gasteiger partial charge in [0.1, 0.15) is 12.1 Å². The highest BCUT2D eigenvalue weighted by Crippen LogP contribution is 2.49. The van der Waals surface area contributed by atoms with Gasteiger partial charge in [0.05, 0.1) is 58.2 Å². The zero-order valence-electron chi connectivity index (χ0n) is 24.4. The third-order valence-electron chi connectivity index (χ3n) is 8.26. The van der Waals surface area contributed by atoms with E-state index in [4.69, 9.17) is 0 Å². The van der Waals surface area contributed by atoms with Gasteiger partial charge in [0.2, 0.25) is 0 Å². The molecule has 0 aliphatic carbocycles. The van der Waals surface area contributed by atoms with Crippen molar-refractivity contribution in [2.75, 3.05) is 9.80 Å². The fraction of sp³-hybridized carbons (Fsp3) is 0. The summed E-state index contributed by atoms with van der Waals surface area (Å²) >= 11 is 0. The number of pyridine rings is 3. The largest absolute Gasteiger partial charge is 0.307 e. The molecular weight excluding hydrogens is 566 g/mol. The summed E-state index contributed by atoms with van der Waals surface area (Å²) in [5, 5.41) is 26.8. The van der Waals surface area contributed by atoms with Crippen LogP contribution in [0, 0.1) is 22.7 Å². The maximum atomic E-state index is 10.5. The minimum Gasteiger partial charge on any atom is -0.307 e. The number of hydrogen-bond acceptors (Lipinski definition) is 7. The molecule has 0 saturated heterocycles. The molecule has 214 valence electrons. The Morgan fingerprint density at radius 3 is 1.26 bits per heavy atom. The number of rotatable bonds is 6. The number of anilines is 6. The molecule has 0 spiro atoms. The van der Waals surface area contributed by atoms with Crippen molar-refractivity contribution in [2.45, 2.75) is 0 Å². The van der Waals surface area contributed by atoms with E-state index in [0.717, 1.165) is 66.4 Å². The van der Waals surface area contributed by atoms with E-state index < -0.39 is 0 Å². The van der Waals surface area contributed by atoms with Crippen molar-refractivity contribution in [2.24, 2.45) is 0 Å². The summed E-state index contributed by atoms with van der Waals surface area (Å²) in [7, 11) is 0. The number of hydrogen-bond donors (Lipinski definition) is 0. The number of aromatic nitrogens is 3. The van der Waals surface area contributed by atoms with Crippen LogP contribution in [-0.2, 0) is 0 Å². The molecule has 7 heteroatoms. The Balaban J connectivity index is 1.50. The smallest absolute Gasteiger partial charge is 0.101 e. The van der Waals surface area contributed by atoms with E-state index in [1.807, 2.05) is 102 Å². The summed E-state index contributed by atoms with van der Waals surface area (Å²) in [4.78, 5) is 17.3. The van der Waals surface area contributed by atoms with Crippen LogP contribution in [0.3, 0.4) is 0 Å². The lowest BCUT2D eigenvalue weighted by molar-refractivity contribution is 1.20. The van der Waals surface area contributed by atoms with Gasteiger partial charge in [-0.2, -0.15) is 10.5 Å². The molecule has 0 saturated carbocycles. The van der Waals surface area contributed by atoms with Gasteiger partial charge in [-0.25, -0.2) is 0 Å². The molecule has 0 amide bonds. The summed E-state index contributed by atoms with van der Waals surface area (Å²) in [5.41, 5.74) is 5.94. The Bertz CT molecular complexity index is 2180. The van der Waals surface area contributed by atoms with Crippen LogP contribution in [-0.4, -0.2) is 15.0 Å². The fourth-order valence-corrected chi connectivity index (χ4v) is 6.42. The molecule has 0 aliphatic heterocycles. The van der Waals surface area contributed by atoms with E-state index >= 15 is 0 Å². The van der Waals surface area contributed by atoms with E-state index in [1.165, 1.54) is 0 Å². The average molecular weight is 590 g/mol. The molecular formula is C39H23N7. The topological polar surface area (TPSA) is 92.7 Å². The number of nitrogens with zero attached hydrogens (tertiary/aromatic N) is 7. The highest BCUT2D eigenvalue weighted by molar-refractivity contribution is 6.29. The Hall–Kier alpha value is -6.83. The molecule has 0 N–H and O–H groups in total. The maximum Gasteiger partial charge on any atom is 0.101 e. The van der Waals surface area contributed by atoms with Crippen LogP contribution < -0.4 is 9.80 Å². The Kier molecular flexibility index (Phi) is 6.41. The van der Waals surface area contributed by atoms with Crippen LogP contribution in [0.2, 0.25) is 0 Å². The first-order valence-corrected chi connectivity index (χ1v) is 14.7. The second-order valence-electron chi connectivity index (χ2n) is 10.8. The second kappa shape index (κ2) is 11.0. The van der Waals surface area contributed by atoms with Crippen molar-refractivity contribution in [3.8, 4) is 12.1 Å². The monoisotopic (exact) mass is 589 g/mol. The number of para-hydroxylation sites is 1. The van der Waals surface area contributed by atoms with Gasteiger partial charge in [0.15, 0.2) is 0 Å². The van der Waals surface area contributed by atoms with E-state index in [0.29, 0.717) is 11.1 Å². The molecule has 3 aromatic heterocycles. The standard InChI is InChI=1S/C39H23N7/c40-21-28-19-26-13-15-35-37-27(20-29(22-41)39(35)46(32-10-5-17-43-24-32)33-11-6-18-44-25-33)12-14-34(36(26)37)38(28)45(30-7-2-1-3-8-30)31-9-4-16-42-23-31/h1-20,23-25H. The molecule has 5 aromatic carbocycles. The normalized spacial score (nSPS) is 11.0. The lowest BCUT2D eigenvalue weighted by Gasteiger charge is -2.30. The van der Waals surface area contributed by atoms with Crippen LogP contribution in [0.4, 0.5) is 34.1 Å². The van der Waals surface area contributed by atoms with Crippen molar-refractivity contribution < 1.29 is 0 Å². The summed E-state index contributed by atoms with van der Waals surface area (Å²) < 4.78 is 0. The van der Waals surface area contributed by atoms with Gasteiger partial charge < -0.3 is 9.80 Å². The van der Waals surface area contributed by atoms with Crippen LogP contribution >= 0.6 is 0 Å². The maximum absolute atomic E-state index is 10.5. The second-order valence-corrected chi connectivity index (χ2v) is 10.8. The Morgan fingerprint density at radius 1 is 0.457 bits per heavy atom. The molecule has 3 heterocycles. The van der Waals surface area contributed by atoms with Crippen molar-refractivity contribution in [3.63, 3.8) is 0 Å². The third-order valence-corrected chi connectivity index (χ3v) is 8.26. The summed E-state index contributed by atoms with van der Waals surface area (Å²) in [6.45, 7) is 0. The van der Waals surface area contributed by atoms with Crippen molar-refractivity contribution in [1.29, 1.82) is 10.5 Å². The zero-order valence-corrected chi connectivity index (χ0v) is 24.4. The van der Waals surface area contributed by atoms with Gasteiger partial charge >= 0.3 is 0 Å². The molecule has 0 unspecified atom stereocenters. The Labute approximate surface area is 264 Å². The molecule has 0 radical (unpaired) electrons. The quantitative estimate of drug-likeness (QED) is 0.178. The van der Waals surface area contributed by atoms with Crippen LogP contribution in [0.1, 0.15) is 11.1 Å². The molecule has 7 nitrogen and oxygen atoms in total. The van der Waals surface area contributed by atoms with Crippen molar-refractivity contribution >= 4 is 66.4 Å². The van der Waals surface area contributed by atoms with Crippen LogP contribution in [0.5, 0.6) is 0 Å². The predicted octanol–water partition coefficient (Wildman–Crippen LogP) is 9.45. The first-order chi connectivity index (χ1) is 22.8. The van der Waals surface area contributed by atoms with Gasteiger partial charge in [-0.05, 0) is 82.2 Å². The first-order valence-electron chi connectivity index (χ1n) is 14.7. The number of nitriles is 2. The minimum atomic E-state index is 0.526. The van der Waals surface area contributed by atoms with Gasteiger partial charge in [-0.3, -0.25) is 15.0 Å². The van der Waals surface area contributed by atoms with Gasteiger partial charge in [0, 0.05) is 35.1 Å². The number of benzene rings is 5. The average Bonchev–Trinajstić information content (AvgIpc) is 3.13. The van der Waals surface area contributed by atoms with E-state index in [-0.39, 0.29) is 0 Å². The summed E-state index contributed by atoms with van der Waals surface area (Å²) in [6.07, 6.45) is 10.6. The zero-order chi connectivity index (χ0) is 31.0. The van der Waals surface area contributed by atoms with Crippen LogP contribution in [0.15, 0.2) is 140 Å². The van der Waals surface area contributed by atoms with Gasteiger partial charge in [-0.1, -0.05) is 42.5 Å². The molecule has 0 atom stereocenters. The van der Waals surface area contributed by atoms with Crippen molar-refractivity contribution in [3.05, 3.63) is 151 Å². The summed E-state index contributed by atoms with van der Waals surface area (Å²) in [5.74, 6) is 0. The molecule has 46 heavy (non-hydrogen) atoms. The highest BCUT2D eigenvalue weighted by atomic mass is 15.2. The molecule has 0 aliphatic rings. The van der Waals surface area contributed by atoms with Crippen LogP contribution in [0.25, 0.3) is 32.3 Å². The molecule has 8 aromatic rings. The highest BCUT2D eigenvalue weighted by Gasteiger charge is 2.26. The van der Waals surface area contributed by atoms with Crippen molar-refractivity contribution in [1.82, 2.24) is 15.0 Å². The lowest BCUT2D eigenvalue weighted by atomic mass is 9.88. The molecule has 0 fully saturated rings. The van der Waals surface area contributed by atoms with Gasteiger partial charge in [0.25, 0.3) is 0 Å². The SMILES string of the molecule is N#Cc1cc2ccc3c(N(c4cccnc4)c4cccnc4)c(C#N)cc4ccc(c1N(c1ccccc1)c1cccnc1)c2c43. The summed E-state index contributed by atoms with van der Waals surface area (Å²) in [6, 6.07) is 38.7.